The molecule has 1 aromatic heterocycles. The molecule has 0 bridgehead atoms. The van der Waals surface area contributed by atoms with Gasteiger partial charge in [-0.25, -0.2) is 8.42 Å². The summed E-state index contributed by atoms with van der Waals surface area (Å²) in [6.07, 6.45) is 0. The zero-order valence-electron chi connectivity index (χ0n) is 12.9. The number of nitrogens with zero attached hydrogens (tertiary/aromatic N) is 3. The SMILES string of the molecule is Cc1noc(C)c1S(=O)(=O)N1CCN(C)c2ccccc2C1. The number of aryl methyl sites for hydroxylation is 2. The molecule has 0 atom stereocenters. The van der Waals surface area contributed by atoms with Gasteiger partial charge in [0.1, 0.15) is 10.6 Å². The molecule has 22 heavy (non-hydrogen) atoms. The molecule has 0 aliphatic carbocycles. The van der Waals surface area contributed by atoms with Gasteiger partial charge in [-0.3, -0.25) is 0 Å². The minimum absolute atomic E-state index is 0.189. The molecule has 118 valence electrons. The van der Waals surface area contributed by atoms with Crippen molar-refractivity contribution in [2.75, 3.05) is 25.0 Å². The fourth-order valence-corrected chi connectivity index (χ4v) is 4.55. The summed E-state index contributed by atoms with van der Waals surface area (Å²) in [4.78, 5) is 2.27. The zero-order valence-corrected chi connectivity index (χ0v) is 13.7. The van der Waals surface area contributed by atoms with E-state index in [-0.39, 0.29) is 4.90 Å². The lowest BCUT2D eigenvalue weighted by Crippen LogP contribution is -2.34. The van der Waals surface area contributed by atoms with E-state index in [4.69, 9.17) is 4.52 Å². The Hall–Kier alpha value is -1.86. The summed E-state index contributed by atoms with van der Waals surface area (Å²) in [5.74, 6) is 0.336. The second-order valence-electron chi connectivity index (χ2n) is 5.54. The highest BCUT2D eigenvalue weighted by Gasteiger charge is 2.32. The van der Waals surface area contributed by atoms with Gasteiger partial charge in [0.15, 0.2) is 5.76 Å². The summed E-state index contributed by atoms with van der Waals surface area (Å²) >= 11 is 0. The molecule has 2 aromatic rings. The van der Waals surface area contributed by atoms with Crippen LogP contribution in [0.5, 0.6) is 0 Å². The van der Waals surface area contributed by atoms with Crippen molar-refractivity contribution in [3.63, 3.8) is 0 Å². The van der Waals surface area contributed by atoms with E-state index in [0.717, 1.165) is 11.3 Å². The molecule has 3 rings (SSSR count). The average molecular weight is 321 g/mol. The monoisotopic (exact) mass is 321 g/mol. The van der Waals surface area contributed by atoms with Crippen LogP contribution in [0.1, 0.15) is 17.0 Å². The highest BCUT2D eigenvalue weighted by Crippen LogP contribution is 2.29. The zero-order chi connectivity index (χ0) is 15.9. The average Bonchev–Trinajstić information content (AvgIpc) is 2.72. The number of para-hydroxylation sites is 1. The molecule has 6 nitrogen and oxygen atoms in total. The van der Waals surface area contributed by atoms with Gasteiger partial charge in [-0.05, 0) is 25.5 Å². The second-order valence-corrected chi connectivity index (χ2v) is 7.42. The summed E-state index contributed by atoms with van der Waals surface area (Å²) < 4.78 is 32.5. The van der Waals surface area contributed by atoms with Crippen LogP contribution in [0.15, 0.2) is 33.7 Å². The maximum Gasteiger partial charge on any atom is 0.248 e. The van der Waals surface area contributed by atoms with Crippen LogP contribution in [0.25, 0.3) is 0 Å². The number of rotatable bonds is 2. The highest BCUT2D eigenvalue weighted by molar-refractivity contribution is 7.89. The van der Waals surface area contributed by atoms with Crippen LogP contribution in [-0.2, 0) is 16.6 Å². The molecule has 2 heterocycles. The molecule has 0 fully saturated rings. The van der Waals surface area contributed by atoms with Crippen molar-refractivity contribution in [1.82, 2.24) is 9.46 Å². The third-order valence-electron chi connectivity index (χ3n) is 4.00. The number of benzene rings is 1. The van der Waals surface area contributed by atoms with Crippen LogP contribution in [0.2, 0.25) is 0 Å². The van der Waals surface area contributed by atoms with E-state index < -0.39 is 10.0 Å². The first kappa shape index (κ1) is 15.1. The van der Waals surface area contributed by atoms with Gasteiger partial charge >= 0.3 is 0 Å². The Morgan fingerprint density at radius 3 is 2.59 bits per heavy atom. The van der Waals surface area contributed by atoms with Gasteiger partial charge < -0.3 is 9.42 Å². The molecule has 0 saturated heterocycles. The lowest BCUT2D eigenvalue weighted by Gasteiger charge is -2.20. The molecule has 0 radical (unpaired) electrons. The molecular formula is C15H19N3O3S. The van der Waals surface area contributed by atoms with Crippen molar-refractivity contribution in [3.05, 3.63) is 41.3 Å². The summed E-state index contributed by atoms with van der Waals surface area (Å²) in [7, 11) is -1.64. The Bertz CT molecular complexity index is 779. The van der Waals surface area contributed by atoms with Gasteiger partial charge in [-0.1, -0.05) is 23.4 Å². The van der Waals surface area contributed by atoms with Crippen LogP contribution in [0.4, 0.5) is 5.69 Å². The Morgan fingerprint density at radius 1 is 1.18 bits per heavy atom. The second kappa shape index (κ2) is 5.40. The number of anilines is 1. The lowest BCUT2D eigenvalue weighted by molar-refractivity contribution is 0.388. The third-order valence-corrected chi connectivity index (χ3v) is 6.09. The van der Waals surface area contributed by atoms with Gasteiger partial charge in [0.05, 0.1) is 0 Å². The molecule has 7 heteroatoms. The van der Waals surface area contributed by atoms with Gasteiger partial charge in [-0.2, -0.15) is 4.31 Å². The molecule has 1 aliphatic rings. The molecule has 0 amide bonds. The van der Waals surface area contributed by atoms with Crippen LogP contribution in [0.3, 0.4) is 0 Å². The number of fused-ring (bicyclic) bond motifs is 1. The Morgan fingerprint density at radius 2 is 1.91 bits per heavy atom. The fourth-order valence-electron chi connectivity index (χ4n) is 2.85. The largest absolute Gasteiger partial charge is 0.373 e. The first-order chi connectivity index (χ1) is 10.4. The van der Waals surface area contributed by atoms with Crippen molar-refractivity contribution in [1.29, 1.82) is 0 Å². The van der Waals surface area contributed by atoms with Crippen molar-refractivity contribution in [2.45, 2.75) is 25.3 Å². The van der Waals surface area contributed by atoms with Crippen molar-refractivity contribution >= 4 is 15.7 Å². The normalized spacial score (nSPS) is 16.4. The van der Waals surface area contributed by atoms with Crippen LogP contribution >= 0.6 is 0 Å². The molecule has 0 N–H and O–H groups in total. The van der Waals surface area contributed by atoms with Gasteiger partial charge in [0.25, 0.3) is 0 Å². The van der Waals surface area contributed by atoms with Crippen molar-refractivity contribution in [3.8, 4) is 0 Å². The lowest BCUT2D eigenvalue weighted by atomic mass is 10.1. The fraction of sp³-hybridized carbons (Fsp3) is 0.400. The van der Waals surface area contributed by atoms with E-state index in [1.54, 1.807) is 13.8 Å². The maximum absolute atomic E-state index is 13.0. The smallest absolute Gasteiger partial charge is 0.248 e. The van der Waals surface area contributed by atoms with Gasteiger partial charge in [0.2, 0.25) is 10.0 Å². The Balaban J connectivity index is 2.03. The van der Waals surface area contributed by atoms with E-state index in [9.17, 15) is 8.42 Å². The van der Waals surface area contributed by atoms with Crippen LogP contribution < -0.4 is 4.90 Å². The molecule has 0 spiro atoms. The predicted molar refractivity (Wildman–Crippen MR) is 83.3 cm³/mol. The highest BCUT2D eigenvalue weighted by atomic mass is 32.2. The number of hydrogen-bond donors (Lipinski definition) is 0. The Labute approximate surface area is 130 Å². The first-order valence-corrected chi connectivity index (χ1v) is 8.57. The molecule has 0 saturated carbocycles. The Kier molecular flexibility index (Phi) is 3.70. The molecule has 0 unspecified atom stereocenters. The quantitative estimate of drug-likeness (QED) is 0.845. The van der Waals surface area contributed by atoms with Crippen LogP contribution in [-0.4, -0.2) is 38.0 Å². The number of sulfonamides is 1. The van der Waals surface area contributed by atoms with E-state index in [1.165, 1.54) is 4.31 Å². The molecular weight excluding hydrogens is 302 g/mol. The predicted octanol–water partition coefficient (Wildman–Crippen LogP) is 1.93. The number of likely N-dealkylation sites (N-methyl/N-ethyl adjacent to an activating group) is 1. The van der Waals surface area contributed by atoms with Gasteiger partial charge in [-0.15, -0.1) is 0 Å². The third kappa shape index (κ3) is 2.40. The van der Waals surface area contributed by atoms with Gasteiger partial charge in [0, 0.05) is 32.4 Å². The van der Waals surface area contributed by atoms with E-state index in [0.29, 0.717) is 31.1 Å². The summed E-state index contributed by atoms with van der Waals surface area (Å²) in [5, 5.41) is 3.77. The summed E-state index contributed by atoms with van der Waals surface area (Å²) in [5.41, 5.74) is 2.47. The standard InChI is InChI=1S/C15H19N3O3S/c1-11-15(12(2)21-16-11)22(19,20)18-9-8-17(3)14-7-5-4-6-13(14)10-18/h4-7H,8-10H2,1-3H3. The van der Waals surface area contributed by atoms with Crippen LogP contribution in [0, 0.1) is 13.8 Å². The minimum atomic E-state index is -3.62. The summed E-state index contributed by atoms with van der Waals surface area (Å²) in [6, 6.07) is 7.88. The van der Waals surface area contributed by atoms with Crippen molar-refractivity contribution < 1.29 is 12.9 Å². The van der Waals surface area contributed by atoms with Crippen molar-refractivity contribution in [2.24, 2.45) is 0 Å². The molecule has 1 aromatic carbocycles. The minimum Gasteiger partial charge on any atom is -0.373 e. The summed E-state index contributed by atoms with van der Waals surface area (Å²) in [6.45, 7) is 4.70. The first-order valence-electron chi connectivity index (χ1n) is 7.13. The van der Waals surface area contributed by atoms with E-state index in [2.05, 4.69) is 10.1 Å². The number of aromatic nitrogens is 1. The van der Waals surface area contributed by atoms with E-state index in [1.807, 2.05) is 31.3 Å². The molecule has 1 aliphatic heterocycles. The number of hydrogen-bond acceptors (Lipinski definition) is 5. The topological polar surface area (TPSA) is 66.7 Å². The maximum atomic E-state index is 13.0. The van der Waals surface area contributed by atoms with E-state index >= 15 is 0 Å².